The molecule has 0 atom stereocenters. The Morgan fingerprint density at radius 1 is 0.571 bits per heavy atom. The molecule has 0 radical (unpaired) electrons. The minimum Gasteiger partial charge on any atom is -0.309 e. The summed E-state index contributed by atoms with van der Waals surface area (Å²) >= 11 is 0. The van der Waals surface area contributed by atoms with Crippen molar-refractivity contribution >= 4 is 21.8 Å². The molecule has 2 heterocycles. The number of aromatic nitrogens is 2. The van der Waals surface area contributed by atoms with Crippen LogP contribution in [0.4, 0.5) is 13.2 Å². The molecular weight excluding hydrogens is 529 g/mol. The van der Waals surface area contributed by atoms with Gasteiger partial charge in [-0.3, -0.25) is 4.98 Å². The minimum atomic E-state index is -4.50. The van der Waals surface area contributed by atoms with Crippen LogP contribution in [-0.4, -0.2) is 9.55 Å². The third kappa shape index (κ3) is 4.53. The van der Waals surface area contributed by atoms with E-state index in [0.717, 1.165) is 39.5 Å². The van der Waals surface area contributed by atoms with Crippen LogP contribution in [0.2, 0.25) is 0 Å². The van der Waals surface area contributed by atoms with Crippen molar-refractivity contribution in [1.82, 2.24) is 9.55 Å². The molecule has 2 nitrogen and oxygen atoms in total. The normalized spacial score (nSPS) is 11.8. The van der Waals surface area contributed by atoms with Gasteiger partial charge in [0.05, 0.1) is 22.3 Å². The summed E-state index contributed by atoms with van der Waals surface area (Å²) in [5.74, 6) is 0. The van der Waals surface area contributed by atoms with Gasteiger partial charge >= 0.3 is 6.18 Å². The average molecular weight is 555 g/mol. The Morgan fingerprint density at radius 2 is 1.21 bits per heavy atom. The van der Waals surface area contributed by atoms with E-state index in [4.69, 9.17) is 0 Å². The number of benzene rings is 5. The zero-order chi connectivity index (χ0) is 28.8. The average Bonchev–Trinajstić information content (AvgIpc) is 3.35. The minimum absolute atomic E-state index is 0.128. The van der Waals surface area contributed by atoms with E-state index in [1.54, 1.807) is 18.3 Å². The number of hydrogen-bond acceptors (Lipinski definition) is 1. The van der Waals surface area contributed by atoms with Gasteiger partial charge < -0.3 is 4.57 Å². The molecule has 7 aromatic rings. The molecule has 204 valence electrons. The van der Waals surface area contributed by atoms with Crippen LogP contribution in [0, 0.1) is 6.92 Å². The predicted octanol–water partition coefficient (Wildman–Crippen LogP) is 10.5. The lowest BCUT2D eigenvalue weighted by Crippen LogP contribution is -2.07. The number of halogens is 3. The highest BCUT2D eigenvalue weighted by Crippen LogP contribution is 2.40. The van der Waals surface area contributed by atoms with Crippen LogP contribution >= 0.6 is 0 Å². The Morgan fingerprint density at radius 3 is 1.88 bits per heavy atom. The lowest BCUT2D eigenvalue weighted by atomic mass is 9.93. The third-order valence-corrected chi connectivity index (χ3v) is 7.72. The van der Waals surface area contributed by atoms with Crippen LogP contribution < -0.4 is 0 Å². The first-order chi connectivity index (χ1) is 20.4. The van der Waals surface area contributed by atoms with E-state index in [9.17, 15) is 13.2 Å². The van der Waals surface area contributed by atoms with Crippen LogP contribution in [0.25, 0.3) is 61.0 Å². The van der Waals surface area contributed by atoms with Gasteiger partial charge in [-0.2, -0.15) is 13.2 Å². The molecular formula is C37H25F3N2. The zero-order valence-electron chi connectivity index (χ0n) is 22.7. The molecule has 0 bridgehead atoms. The molecule has 7 rings (SSSR count). The zero-order valence-corrected chi connectivity index (χ0v) is 22.7. The third-order valence-electron chi connectivity index (χ3n) is 7.72. The van der Waals surface area contributed by atoms with Gasteiger partial charge in [0.25, 0.3) is 0 Å². The fourth-order valence-electron chi connectivity index (χ4n) is 5.72. The first-order valence-electron chi connectivity index (χ1n) is 13.7. The molecule has 0 spiro atoms. The van der Waals surface area contributed by atoms with Gasteiger partial charge in [-0.25, -0.2) is 0 Å². The first kappa shape index (κ1) is 25.8. The molecule has 0 N–H and O–H groups in total. The van der Waals surface area contributed by atoms with E-state index >= 15 is 0 Å². The molecule has 0 unspecified atom stereocenters. The van der Waals surface area contributed by atoms with E-state index in [0.29, 0.717) is 16.8 Å². The Labute approximate surface area is 241 Å². The van der Waals surface area contributed by atoms with Crippen molar-refractivity contribution in [2.24, 2.45) is 0 Å². The van der Waals surface area contributed by atoms with E-state index in [1.165, 1.54) is 16.8 Å². The summed E-state index contributed by atoms with van der Waals surface area (Å²) in [7, 11) is 0. The number of para-hydroxylation sites is 2. The summed E-state index contributed by atoms with van der Waals surface area (Å²) < 4.78 is 44.8. The maximum absolute atomic E-state index is 14.2. The topological polar surface area (TPSA) is 17.8 Å². The standard InChI is InChI=1S/C37H25F3N2/c1-24-16-19-34(41-23-24)28-17-18-33(37(38,39)40)32(22-28)27-10-6-8-25(20-27)26-9-7-11-29(21-26)42-35-14-4-2-12-30(35)31-13-3-5-15-36(31)42/h2-23H,1H3. The summed E-state index contributed by atoms with van der Waals surface area (Å²) in [6.45, 7) is 1.93. The Balaban J connectivity index is 1.36. The number of fused-ring (bicyclic) bond motifs is 3. The lowest BCUT2D eigenvalue weighted by molar-refractivity contribution is -0.137. The van der Waals surface area contributed by atoms with Crippen molar-refractivity contribution in [2.45, 2.75) is 13.1 Å². The summed E-state index contributed by atoms with van der Waals surface area (Å²) in [6.07, 6.45) is -2.78. The van der Waals surface area contributed by atoms with Gasteiger partial charge in [0, 0.05) is 28.2 Å². The molecule has 0 aliphatic heterocycles. The summed E-state index contributed by atoms with van der Waals surface area (Å²) in [6, 6.07) is 40.0. The number of hydrogen-bond donors (Lipinski definition) is 0. The van der Waals surface area contributed by atoms with Crippen molar-refractivity contribution in [3.8, 4) is 39.2 Å². The van der Waals surface area contributed by atoms with Crippen LogP contribution in [0.1, 0.15) is 11.1 Å². The first-order valence-corrected chi connectivity index (χ1v) is 13.7. The second-order valence-corrected chi connectivity index (χ2v) is 10.5. The van der Waals surface area contributed by atoms with Crippen LogP contribution in [0.3, 0.4) is 0 Å². The Bertz CT molecular complexity index is 2030. The molecule has 0 fully saturated rings. The highest BCUT2D eigenvalue weighted by atomic mass is 19.4. The van der Waals surface area contributed by atoms with Gasteiger partial charge in [0.2, 0.25) is 0 Å². The van der Waals surface area contributed by atoms with E-state index in [2.05, 4.69) is 45.9 Å². The van der Waals surface area contributed by atoms with Crippen LogP contribution in [0.5, 0.6) is 0 Å². The maximum atomic E-state index is 14.2. The number of aryl methyl sites for hydroxylation is 1. The highest BCUT2D eigenvalue weighted by molar-refractivity contribution is 6.09. The number of rotatable bonds is 4. The molecule has 0 aliphatic rings. The molecule has 0 saturated carbocycles. The Hall–Kier alpha value is -5.16. The SMILES string of the molecule is Cc1ccc(-c2ccc(C(F)(F)F)c(-c3cccc(-c4cccc(-n5c6ccccc6c6ccccc65)c4)c3)c2)nc1. The molecule has 0 amide bonds. The molecule has 42 heavy (non-hydrogen) atoms. The molecule has 2 aromatic heterocycles. The fraction of sp³-hybridized carbons (Fsp3) is 0.0541. The van der Waals surface area contributed by atoms with Gasteiger partial charge in [-0.15, -0.1) is 0 Å². The van der Waals surface area contributed by atoms with E-state index < -0.39 is 11.7 Å². The second kappa shape index (κ2) is 10.0. The fourth-order valence-corrected chi connectivity index (χ4v) is 5.72. The van der Waals surface area contributed by atoms with Crippen LogP contribution in [0.15, 0.2) is 134 Å². The lowest BCUT2D eigenvalue weighted by Gasteiger charge is -2.16. The highest BCUT2D eigenvalue weighted by Gasteiger charge is 2.34. The summed E-state index contributed by atoms with van der Waals surface area (Å²) in [4.78, 5) is 4.43. The van der Waals surface area contributed by atoms with Gasteiger partial charge in [-0.05, 0) is 83.3 Å². The molecule has 0 aliphatic carbocycles. The maximum Gasteiger partial charge on any atom is 0.417 e. The van der Waals surface area contributed by atoms with Crippen molar-refractivity contribution in [3.63, 3.8) is 0 Å². The van der Waals surface area contributed by atoms with Gasteiger partial charge in [0.1, 0.15) is 0 Å². The van der Waals surface area contributed by atoms with Crippen molar-refractivity contribution in [2.75, 3.05) is 0 Å². The molecule has 5 heteroatoms. The quantitative estimate of drug-likeness (QED) is 0.212. The van der Waals surface area contributed by atoms with Crippen molar-refractivity contribution < 1.29 is 13.2 Å². The largest absolute Gasteiger partial charge is 0.417 e. The summed E-state index contributed by atoms with van der Waals surface area (Å²) in [5, 5.41) is 2.34. The molecule has 5 aromatic carbocycles. The van der Waals surface area contributed by atoms with Crippen LogP contribution in [-0.2, 0) is 6.18 Å². The number of nitrogens with zero attached hydrogens (tertiary/aromatic N) is 2. The van der Waals surface area contributed by atoms with E-state index in [-0.39, 0.29) is 5.56 Å². The van der Waals surface area contributed by atoms with Crippen molar-refractivity contribution in [1.29, 1.82) is 0 Å². The second-order valence-electron chi connectivity index (χ2n) is 10.5. The Kier molecular flexibility index (Phi) is 6.16. The predicted molar refractivity (Wildman–Crippen MR) is 165 cm³/mol. The van der Waals surface area contributed by atoms with Gasteiger partial charge in [0.15, 0.2) is 0 Å². The van der Waals surface area contributed by atoms with Gasteiger partial charge in [-0.1, -0.05) is 78.9 Å². The van der Waals surface area contributed by atoms with Crippen molar-refractivity contribution in [3.05, 3.63) is 145 Å². The summed E-state index contributed by atoms with van der Waals surface area (Å²) in [5.41, 5.74) is 7.14. The monoisotopic (exact) mass is 554 g/mol. The number of alkyl halides is 3. The molecule has 0 saturated heterocycles. The smallest absolute Gasteiger partial charge is 0.309 e. The van der Waals surface area contributed by atoms with E-state index in [1.807, 2.05) is 73.7 Å². The number of pyridine rings is 1.